The number of aromatic nitrogens is 1. The highest BCUT2D eigenvalue weighted by Gasteiger charge is 2.46. The van der Waals surface area contributed by atoms with Gasteiger partial charge in [-0.15, -0.1) is 0 Å². The lowest BCUT2D eigenvalue weighted by Gasteiger charge is -2.30. The number of carboxylic acids is 1. The Labute approximate surface area is 116 Å². The quantitative estimate of drug-likeness (QED) is 0.880. The van der Waals surface area contributed by atoms with E-state index < -0.39 is 11.5 Å². The van der Waals surface area contributed by atoms with Gasteiger partial charge in [-0.3, -0.25) is 4.79 Å². The van der Waals surface area contributed by atoms with Gasteiger partial charge in [0.15, 0.2) is 0 Å². The summed E-state index contributed by atoms with van der Waals surface area (Å²) in [5.74, 6) is -1.19. The van der Waals surface area contributed by atoms with Crippen molar-refractivity contribution in [3.63, 3.8) is 0 Å². The molecule has 1 aromatic carbocycles. The molecule has 104 valence electrons. The molecule has 0 aliphatic carbocycles. The molecular formula is C15H16N2O3. The fraction of sp³-hybridized carbons (Fsp3) is 0.333. The first-order chi connectivity index (χ1) is 9.52. The minimum atomic E-state index is -1.10. The average molecular weight is 272 g/mol. The van der Waals surface area contributed by atoms with Crippen molar-refractivity contribution in [2.45, 2.75) is 25.3 Å². The summed E-state index contributed by atoms with van der Waals surface area (Å²) in [5.41, 5.74) is 0.224. The van der Waals surface area contributed by atoms with Crippen LogP contribution in [0.5, 0.6) is 0 Å². The van der Waals surface area contributed by atoms with Gasteiger partial charge >= 0.3 is 5.97 Å². The molecule has 3 rings (SSSR count). The van der Waals surface area contributed by atoms with Gasteiger partial charge in [0.05, 0.1) is 0 Å². The number of hydrogen-bond donors (Lipinski definition) is 2. The summed E-state index contributed by atoms with van der Waals surface area (Å²) in [7, 11) is 0. The van der Waals surface area contributed by atoms with Crippen LogP contribution in [0, 0.1) is 0 Å². The molecule has 0 bridgehead atoms. The van der Waals surface area contributed by atoms with E-state index in [2.05, 4.69) is 4.98 Å². The van der Waals surface area contributed by atoms with Crippen molar-refractivity contribution in [3.8, 4) is 0 Å². The number of benzene rings is 1. The SMILES string of the molecule is CC1(C(=O)O)CCCN1C(=O)c1cc2ccccc2[nH]1. The van der Waals surface area contributed by atoms with Crippen LogP contribution in [0.3, 0.4) is 0 Å². The van der Waals surface area contributed by atoms with E-state index in [1.807, 2.05) is 24.3 Å². The van der Waals surface area contributed by atoms with Gasteiger partial charge in [-0.05, 0) is 31.9 Å². The molecule has 2 heterocycles. The number of H-pyrrole nitrogens is 1. The number of para-hydroxylation sites is 1. The van der Waals surface area contributed by atoms with Crippen LogP contribution >= 0.6 is 0 Å². The number of hydrogen-bond acceptors (Lipinski definition) is 2. The normalized spacial score (nSPS) is 22.4. The zero-order valence-electron chi connectivity index (χ0n) is 11.2. The van der Waals surface area contributed by atoms with E-state index in [0.29, 0.717) is 18.7 Å². The van der Waals surface area contributed by atoms with Gasteiger partial charge in [0, 0.05) is 17.4 Å². The first-order valence-corrected chi connectivity index (χ1v) is 6.65. The number of aromatic amines is 1. The third-order valence-corrected chi connectivity index (χ3v) is 4.11. The molecule has 0 radical (unpaired) electrons. The van der Waals surface area contributed by atoms with E-state index in [0.717, 1.165) is 17.3 Å². The van der Waals surface area contributed by atoms with E-state index in [1.165, 1.54) is 4.90 Å². The molecule has 1 amide bonds. The lowest BCUT2D eigenvalue weighted by Crippen LogP contribution is -2.50. The second kappa shape index (κ2) is 4.37. The molecule has 5 heteroatoms. The van der Waals surface area contributed by atoms with Crippen molar-refractivity contribution in [2.75, 3.05) is 6.54 Å². The topological polar surface area (TPSA) is 73.4 Å². The van der Waals surface area contributed by atoms with Gasteiger partial charge in [0.2, 0.25) is 0 Å². The van der Waals surface area contributed by atoms with Crippen molar-refractivity contribution >= 4 is 22.8 Å². The third kappa shape index (κ3) is 1.78. The number of rotatable bonds is 2. The van der Waals surface area contributed by atoms with Crippen LogP contribution in [-0.2, 0) is 4.79 Å². The summed E-state index contributed by atoms with van der Waals surface area (Å²) in [6.07, 6.45) is 1.21. The number of nitrogens with zero attached hydrogens (tertiary/aromatic N) is 1. The fourth-order valence-electron chi connectivity index (χ4n) is 2.85. The van der Waals surface area contributed by atoms with E-state index in [1.54, 1.807) is 13.0 Å². The van der Waals surface area contributed by atoms with Crippen molar-refractivity contribution < 1.29 is 14.7 Å². The highest BCUT2D eigenvalue weighted by atomic mass is 16.4. The van der Waals surface area contributed by atoms with Gasteiger partial charge in [-0.25, -0.2) is 4.79 Å². The number of likely N-dealkylation sites (tertiary alicyclic amines) is 1. The molecule has 1 saturated heterocycles. The van der Waals surface area contributed by atoms with Gasteiger partial charge in [-0.1, -0.05) is 18.2 Å². The molecule has 1 fully saturated rings. The van der Waals surface area contributed by atoms with Crippen molar-refractivity contribution in [2.24, 2.45) is 0 Å². The van der Waals surface area contributed by atoms with Gasteiger partial charge in [0.1, 0.15) is 11.2 Å². The van der Waals surface area contributed by atoms with Crippen LogP contribution in [-0.4, -0.2) is 39.0 Å². The zero-order valence-corrected chi connectivity index (χ0v) is 11.2. The van der Waals surface area contributed by atoms with Crippen LogP contribution in [0.2, 0.25) is 0 Å². The molecule has 1 aliphatic heterocycles. The van der Waals surface area contributed by atoms with E-state index in [9.17, 15) is 14.7 Å². The minimum absolute atomic E-state index is 0.247. The Hall–Kier alpha value is -2.30. The fourth-order valence-corrected chi connectivity index (χ4v) is 2.85. The third-order valence-electron chi connectivity index (χ3n) is 4.11. The molecule has 5 nitrogen and oxygen atoms in total. The lowest BCUT2D eigenvalue weighted by atomic mass is 9.99. The largest absolute Gasteiger partial charge is 0.480 e. The lowest BCUT2D eigenvalue weighted by molar-refractivity contribution is -0.147. The first-order valence-electron chi connectivity index (χ1n) is 6.65. The molecule has 1 aliphatic rings. The molecule has 2 N–H and O–H groups in total. The molecule has 1 unspecified atom stereocenters. The summed E-state index contributed by atoms with van der Waals surface area (Å²) in [6, 6.07) is 9.39. The van der Waals surface area contributed by atoms with E-state index in [4.69, 9.17) is 0 Å². The number of nitrogens with one attached hydrogen (secondary N) is 1. The first kappa shape index (κ1) is 12.7. The van der Waals surface area contributed by atoms with Gasteiger partial charge in [0.25, 0.3) is 5.91 Å². The van der Waals surface area contributed by atoms with Crippen molar-refractivity contribution in [3.05, 3.63) is 36.0 Å². The molecule has 0 saturated carbocycles. The van der Waals surface area contributed by atoms with Crippen LogP contribution in [0.25, 0.3) is 10.9 Å². The highest BCUT2D eigenvalue weighted by Crippen LogP contribution is 2.31. The van der Waals surface area contributed by atoms with Crippen LogP contribution in [0.4, 0.5) is 0 Å². The van der Waals surface area contributed by atoms with E-state index in [-0.39, 0.29) is 5.91 Å². The number of aliphatic carboxylic acids is 1. The van der Waals surface area contributed by atoms with Crippen molar-refractivity contribution in [1.29, 1.82) is 0 Å². The van der Waals surface area contributed by atoms with E-state index >= 15 is 0 Å². The number of carboxylic acid groups (broad SMARTS) is 1. The molecule has 1 aromatic heterocycles. The number of carbonyl (C=O) groups excluding carboxylic acids is 1. The zero-order chi connectivity index (χ0) is 14.3. The standard InChI is InChI=1S/C15H16N2O3/c1-15(14(19)20)7-4-8-17(15)13(18)12-9-10-5-2-3-6-11(10)16-12/h2-3,5-6,9,16H,4,7-8H2,1H3,(H,19,20). The Morgan fingerprint density at radius 3 is 2.80 bits per heavy atom. The Morgan fingerprint density at radius 2 is 2.10 bits per heavy atom. The summed E-state index contributed by atoms with van der Waals surface area (Å²) >= 11 is 0. The van der Waals surface area contributed by atoms with Crippen molar-refractivity contribution in [1.82, 2.24) is 9.88 Å². The van der Waals surface area contributed by atoms with Crippen LogP contribution in [0.15, 0.2) is 30.3 Å². The Bertz CT molecular complexity index is 658. The Balaban J connectivity index is 1.98. The summed E-state index contributed by atoms with van der Waals surface area (Å²) < 4.78 is 0. The maximum absolute atomic E-state index is 12.6. The van der Waals surface area contributed by atoms with Gasteiger partial charge in [-0.2, -0.15) is 0 Å². The maximum atomic E-state index is 12.6. The summed E-state index contributed by atoms with van der Waals surface area (Å²) in [6.45, 7) is 2.10. The predicted octanol–water partition coefficient (Wildman–Crippen LogP) is 2.25. The monoisotopic (exact) mass is 272 g/mol. The molecule has 1 atom stereocenters. The second-order valence-electron chi connectivity index (χ2n) is 5.41. The van der Waals surface area contributed by atoms with Crippen LogP contribution < -0.4 is 0 Å². The maximum Gasteiger partial charge on any atom is 0.329 e. The smallest absolute Gasteiger partial charge is 0.329 e. The molecule has 20 heavy (non-hydrogen) atoms. The number of fused-ring (bicyclic) bond motifs is 1. The molecule has 0 spiro atoms. The number of amides is 1. The molecule has 2 aromatic rings. The Kier molecular flexibility index (Phi) is 2.78. The molecular weight excluding hydrogens is 256 g/mol. The second-order valence-corrected chi connectivity index (χ2v) is 5.41. The predicted molar refractivity (Wildman–Crippen MR) is 74.6 cm³/mol. The Morgan fingerprint density at radius 1 is 1.35 bits per heavy atom. The average Bonchev–Trinajstić information content (AvgIpc) is 3.02. The highest BCUT2D eigenvalue weighted by molar-refractivity contribution is 6.00. The van der Waals surface area contributed by atoms with Crippen LogP contribution in [0.1, 0.15) is 30.3 Å². The summed E-state index contributed by atoms with van der Waals surface area (Å²) in [4.78, 5) is 28.5. The summed E-state index contributed by atoms with van der Waals surface area (Å²) in [5, 5.41) is 10.3. The minimum Gasteiger partial charge on any atom is -0.480 e. The number of carbonyl (C=O) groups is 2. The van der Waals surface area contributed by atoms with Gasteiger partial charge < -0.3 is 15.0 Å².